The molecule has 0 saturated heterocycles. The third kappa shape index (κ3) is 8.64. The molecular formula is C30H38N2O6. The number of anilines is 2. The van der Waals surface area contributed by atoms with Gasteiger partial charge in [-0.2, -0.15) is 0 Å². The summed E-state index contributed by atoms with van der Waals surface area (Å²) < 4.78 is 10.8. The maximum atomic E-state index is 12.5. The first kappa shape index (κ1) is 28.8. The van der Waals surface area contributed by atoms with Gasteiger partial charge in [0.2, 0.25) is 0 Å². The number of rotatable bonds is 12. The molecule has 38 heavy (non-hydrogen) atoms. The Bertz CT molecular complexity index is 1110. The van der Waals surface area contributed by atoms with E-state index >= 15 is 0 Å². The zero-order valence-electron chi connectivity index (χ0n) is 22.0. The molecule has 1 saturated carbocycles. The van der Waals surface area contributed by atoms with Crippen LogP contribution in [0.5, 0.6) is 5.75 Å². The van der Waals surface area contributed by atoms with Crippen molar-refractivity contribution in [3.05, 3.63) is 59.2 Å². The Labute approximate surface area is 224 Å². The fourth-order valence-electron chi connectivity index (χ4n) is 4.86. The van der Waals surface area contributed by atoms with Gasteiger partial charge in [-0.25, -0.2) is 9.59 Å². The molecule has 0 aliphatic heterocycles. The number of hydrogen-bond acceptors (Lipinski definition) is 7. The minimum atomic E-state index is -1.08. The standard InChI is InChI=1S/C30H38N2O6/c1-2-5-20-7-12-22(13-8-20)30(36)38-24-14-9-21(10-15-24)11-16-28(33)37-17-4-3-6-25-26(31)18-23(29(34)35)19-27(25)32/h9-11,14-16,18-20,22H,2-8,12-13,17,31-32H2,1H3,(H,34,35). The second-order valence-corrected chi connectivity index (χ2v) is 9.89. The van der Waals surface area contributed by atoms with Gasteiger partial charge in [0.05, 0.1) is 18.1 Å². The van der Waals surface area contributed by atoms with E-state index in [0.29, 0.717) is 42.0 Å². The van der Waals surface area contributed by atoms with Crippen molar-refractivity contribution in [3.63, 3.8) is 0 Å². The maximum absolute atomic E-state index is 12.5. The quantitative estimate of drug-likeness (QED) is 0.107. The summed E-state index contributed by atoms with van der Waals surface area (Å²) in [5, 5.41) is 9.06. The first-order valence-corrected chi connectivity index (χ1v) is 13.3. The predicted molar refractivity (Wildman–Crippen MR) is 148 cm³/mol. The van der Waals surface area contributed by atoms with Crippen molar-refractivity contribution in [3.8, 4) is 5.75 Å². The molecule has 0 aromatic heterocycles. The van der Waals surface area contributed by atoms with E-state index in [2.05, 4.69) is 6.92 Å². The van der Waals surface area contributed by atoms with Crippen LogP contribution in [0.15, 0.2) is 42.5 Å². The molecule has 0 heterocycles. The molecule has 0 spiro atoms. The highest BCUT2D eigenvalue weighted by atomic mass is 16.5. The van der Waals surface area contributed by atoms with Crippen LogP contribution in [-0.2, 0) is 20.7 Å². The third-order valence-electron chi connectivity index (χ3n) is 7.02. The van der Waals surface area contributed by atoms with E-state index in [1.54, 1.807) is 30.3 Å². The number of carboxylic acids is 1. The van der Waals surface area contributed by atoms with Crippen molar-refractivity contribution in [1.82, 2.24) is 0 Å². The van der Waals surface area contributed by atoms with Crippen molar-refractivity contribution in [2.75, 3.05) is 18.1 Å². The Hall–Kier alpha value is -3.81. The summed E-state index contributed by atoms with van der Waals surface area (Å²) in [6.45, 7) is 2.44. The summed E-state index contributed by atoms with van der Waals surface area (Å²) in [5.74, 6) is -0.470. The van der Waals surface area contributed by atoms with Crippen molar-refractivity contribution in [2.45, 2.75) is 64.7 Å². The van der Waals surface area contributed by atoms with Crippen LogP contribution in [0.4, 0.5) is 11.4 Å². The van der Waals surface area contributed by atoms with E-state index in [-0.39, 0.29) is 24.1 Å². The first-order valence-electron chi connectivity index (χ1n) is 13.3. The number of unbranched alkanes of at least 4 members (excludes halogenated alkanes) is 1. The average molecular weight is 523 g/mol. The maximum Gasteiger partial charge on any atom is 0.335 e. The minimum absolute atomic E-state index is 0.0235. The lowest BCUT2D eigenvalue weighted by Gasteiger charge is -2.26. The van der Waals surface area contributed by atoms with E-state index in [0.717, 1.165) is 37.2 Å². The zero-order valence-corrected chi connectivity index (χ0v) is 22.0. The summed E-state index contributed by atoms with van der Waals surface area (Å²) >= 11 is 0. The molecule has 204 valence electrons. The van der Waals surface area contributed by atoms with Crippen molar-refractivity contribution in [2.24, 2.45) is 11.8 Å². The van der Waals surface area contributed by atoms with Crippen LogP contribution < -0.4 is 16.2 Å². The molecule has 1 fully saturated rings. The third-order valence-corrected chi connectivity index (χ3v) is 7.02. The van der Waals surface area contributed by atoms with Crippen LogP contribution in [0, 0.1) is 11.8 Å². The Kier molecular flexibility index (Phi) is 10.8. The molecule has 5 N–H and O–H groups in total. The summed E-state index contributed by atoms with van der Waals surface area (Å²) in [6.07, 6.45) is 11.3. The molecule has 8 heteroatoms. The lowest BCUT2D eigenvalue weighted by molar-refractivity contribution is -0.140. The number of hydrogen-bond donors (Lipinski definition) is 3. The van der Waals surface area contributed by atoms with Gasteiger partial charge in [-0.05, 0) is 92.3 Å². The number of carbonyl (C=O) groups is 3. The summed E-state index contributed by atoms with van der Waals surface area (Å²) in [4.78, 5) is 35.6. The fourth-order valence-corrected chi connectivity index (χ4v) is 4.86. The van der Waals surface area contributed by atoms with Crippen LogP contribution in [0.3, 0.4) is 0 Å². The van der Waals surface area contributed by atoms with Crippen molar-refractivity contribution in [1.29, 1.82) is 0 Å². The van der Waals surface area contributed by atoms with Crippen LogP contribution in [0.2, 0.25) is 0 Å². The monoisotopic (exact) mass is 522 g/mol. The van der Waals surface area contributed by atoms with Crippen molar-refractivity contribution < 1.29 is 29.0 Å². The van der Waals surface area contributed by atoms with Gasteiger partial charge in [-0.3, -0.25) is 4.79 Å². The number of aromatic carboxylic acids is 1. The molecule has 0 radical (unpaired) electrons. The topological polar surface area (TPSA) is 142 Å². The average Bonchev–Trinajstić information content (AvgIpc) is 2.89. The van der Waals surface area contributed by atoms with Crippen molar-refractivity contribution >= 4 is 35.4 Å². The highest BCUT2D eigenvalue weighted by Crippen LogP contribution is 2.32. The van der Waals surface area contributed by atoms with Crippen LogP contribution >= 0.6 is 0 Å². The molecular weight excluding hydrogens is 484 g/mol. The Morgan fingerprint density at radius 2 is 1.66 bits per heavy atom. The van der Waals surface area contributed by atoms with E-state index in [4.69, 9.17) is 26.0 Å². The highest BCUT2D eigenvalue weighted by molar-refractivity contribution is 5.91. The molecule has 3 rings (SSSR count). The molecule has 0 bridgehead atoms. The first-order chi connectivity index (χ1) is 18.3. The predicted octanol–water partition coefficient (Wildman–Crippen LogP) is 5.64. The Balaban J connectivity index is 1.36. The number of nitrogen functional groups attached to an aromatic ring is 2. The molecule has 0 amide bonds. The van der Waals surface area contributed by atoms with Gasteiger partial charge < -0.3 is 26.0 Å². The van der Waals surface area contributed by atoms with Crippen LogP contribution in [0.25, 0.3) is 6.08 Å². The molecule has 2 aromatic rings. The van der Waals surface area contributed by atoms with E-state index in [1.807, 2.05) is 0 Å². The largest absolute Gasteiger partial charge is 0.478 e. The van der Waals surface area contributed by atoms with Gasteiger partial charge in [-0.15, -0.1) is 0 Å². The summed E-state index contributed by atoms with van der Waals surface area (Å²) in [7, 11) is 0. The number of benzene rings is 2. The molecule has 8 nitrogen and oxygen atoms in total. The minimum Gasteiger partial charge on any atom is -0.478 e. The second-order valence-electron chi connectivity index (χ2n) is 9.89. The number of esters is 2. The van der Waals surface area contributed by atoms with Gasteiger partial charge >= 0.3 is 17.9 Å². The number of ether oxygens (including phenoxy) is 2. The summed E-state index contributed by atoms with van der Waals surface area (Å²) in [6, 6.07) is 9.82. The van der Waals surface area contributed by atoms with Gasteiger partial charge in [0.1, 0.15) is 5.75 Å². The number of carbonyl (C=O) groups excluding carboxylic acids is 2. The van der Waals surface area contributed by atoms with Crippen LogP contribution in [0.1, 0.15) is 79.8 Å². The zero-order chi connectivity index (χ0) is 27.5. The highest BCUT2D eigenvalue weighted by Gasteiger charge is 2.27. The van der Waals surface area contributed by atoms with E-state index < -0.39 is 11.9 Å². The van der Waals surface area contributed by atoms with Crippen LogP contribution in [-0.4, -0.2) is 29.6 Å². The molecule has 0 unspecified atom stereocenters. The Morgan fingerprint density at radius 1 is 1.00 bits per heavy atom. The van der Waals surface area contributed by atoms with Gasteiger partial charge in [-0.1, -0.05) is 31.9 Å². The molecule has 2 aromatic carbocycles. The number of carboxylic acid groups (broad SMARTS) is 1. The summed E-state index contributed by atoms with van der Waals surface area (Å²) in [5.41, 5.74) is 14.1. The lowest BCUT2D eigenvalue weighted by atomic mass is 9.80. The van der Waals surface area contributed by atoms with E-state index in [9.17, 15) is 14.4 Å². The molecule has 1 aliphatic carbocycles. The number of nitrogens with two attached hydrogens (primary N) is 2. The SMILES string of the molecule is CCCC1CCC(C(=O)Oc2ccc(C=CC(=O)OCCCCc3c(N)cc(C(=O)O)cc3N)cc2)CC1. The van der Waals surface area contributed by atoms with Gasteiger partial charge in [0.25, 0.3) is 0 Å². The van der Waals surface area contributed by atoms with Gasteiger partial charge in [0.15, 0.2) is 0 Å². The Morgan fingerprint density at radius 3 is 2.26 bits per heavy atom. The molecule has 0 atom stereocenters. The molecule has 1 aliphatic rings. The van der Waals surface area contributed by atoms with E-state index in [1.165, 1.54) is 31.1 Å². The second kappa shape index (κ2) is 14.2. The van der Waals surface area contributed by atoms with Gasteiger partial charge in [0, 0.05) is 17.5 Å². The smallest absolute Gasteiger partial charge is 0.335 e. The normalized spacial score (nSPS) is 17.3. The lowest BCUT2D eigenvalue weighted by Crippen LogP contribution is -2.25. The fraction of sp³-hybridized carbons (Fsp3) is 0.433.